The number of nitrogens with one attached hydrogen (secondary N) is 2. The third-order valence-corrected chi connectivity index (χ3v) is 3.98. The molecule has 0 amide bonds. The minimum atomic E-state index is 0.787. The summed E-state index contributed by atoms with van der Waals surface area (Å²) in [6, 6.07) is 7.93. The molecule has 0 aromatic carbocycles. The predicted octanol–water partition coefficient (Wildman–Crippen LogP) is 3.79. The van der Waals surface area contributed by atoms with Crippen LogP contribution in [0.4, 0.5) is 0 Å². The first-order valence-corrected chi connectivity index (χ1v) is 6.96. The number of hydrogen-bond acceptors (Lipinski definition) is 4. The SMILES string of the molecule is c1csc(-c2c(-c3ccn[nH]3)coc2-c2ccn[nH]2)c1. The van der Waals surface area contributed by atoms with Gasteiger partial charge in [-0.25, -0.2) is 0 Å². The Morgan fingerprint density at radius 2 is 1.80 bits per heavy atom. The zero-order valence-corrected chi connectivity index (χ0v) is 11.1. The Balaban J connectivity index is 1.98. The summed E-state index contributed by atoms with van der Waals surface area (Å²) in [4.78, 5) is 1.15. The van der Waals surface area contributed by atoms with E-state index in [0.29, 0.717) is 0 Å². The zero-order chi connectivity index (χ0) is 13.4. The highest BCUT2D eigenvalue weighted by Crippen LogP contribution is 2.42. The third kappa shape index (κ3) is 1.70. The van der Waals surface area contributed by atoms with Crippen LogP contribution in [0.5, 0.6) is 0 Å². The topological polar surface area (TPSA) is 70.5 Å². The molecular weight excluding hydrogens is 272 g/mol. The zero-order valence-electron chi connectivity index (χ0n) is 10.3. The van der Waals surface area contributed by atoms with Crippen molar-refractivity contribution >= 4 is 11.3 Å². The van der Waals surface area contributed by atoms with Gasteiger partial charge in [0.25, 0.3) is 0 Å². The van der Waals surface area contributed by atoms with Crippen molar-refractivity contribution in [2.24, 2.45) is 0 Å². The van der Waals surface area contributed by atoms with Crippen LogP contribution in [0.2, 0.25) is 0 Å². The molecule has 0 radical (unpaired) electrons. The third-order valence-electron chi connectivity index (χ3n) is 3.09. The molecule has 4 heterocycles. The van der Waals surface area contributed by atoms with E-state index < -0.39 is 0 Å². The van der Waals surface area contributed by atoms with Gasteiger partial charge in [0.15, 0.2) is 5.76 Å². The van der Waals surface area contributed by atoms with E-state index in [1.807, 2.05) is 18.2 Å². The van der Waals surface area contributed by atoms with E-state index >= 15 is 0 Å². The first-order chi connectivity index (χ1) is 9.93. The molecule has 0 bridgehead atoms. The second-order valence-electron chi connectivity index (χ2n) is 4.27. The van der Waals surface area contributed by atoms with Crippen LogP contribution in [-0.4, -0.2) is 20.4 Å². The van der Waals surface area contributed by atoms with Gasteiger partial charge in [-0.1, -0.05) is 6.07 Å². The molecule has 6 heteroatoms. The van der Waals surface area contributed by atoms with Crippen LogP contribution in [-0.2, 0) is 0 Å². The van der Waals surface area contributed by atoms with Gasteiger partial charge in [0.05, 0.1) is 5.69 Å². The summed E-state index contributed by atoms with van der Waals surface area (Å²) in [7, 11) is 0. The highest BCUT2D eigenvalue weighted by atomic mass is 32.1. The summed E-state index contributed by atoms with van der Waals surface area (Å²) in [5.74, 6) is 0.787. The highest BCUT2D eigenvalue weighted by Gasteiger charge is 2.20. The molecule has 20 heavy (non-hydrogen) atoms. The molecule has 0 aliphatic rings. The monoisotopic (exact) mass is 282 g/mol. The molecule has 0 aliphatic carbocycles. The quantitative estimate of drug-likeness (QED) is 0.600. The van der Waals surface area contributed by atoms with Gasteiger partial charge in [0.1, 0.15) is 12.0 Å². The number of aromatic nitrogens is 4. The predicted molar refractivity (Wildman–Crippen MR) is 77.2 cm³/mol. The molecule has 0 aliphatic heterocycles. The fraction of sp³-hybridized carbons (Fsp3) is 0. The highest BCUT2D eigenvalue weighted by molar-refractivity contribution is 7.13. The number of H-pyrrole nitrogens is 2. The van der Waals surface area contributed by atoms with Gasteiger partial charge >= 0.3 is 0 Å². The Morgan fingerprint density at radius 3 is 2.45 bits per heavy atom. The van der Waals surface area contributed by atoms with Crippen LogP contribution in [0, 0.1) is 0 Å². The van der Waals surface area contributed by atoms with Crippen molar-refractivity contribution in [2.45, 2.75) is 0 Å². The van der Waals surface area contributed by atoms with Gasteiger partial charge in [-0.3, -0.25) is 10.2 Å². The largest absolute Gasteiger partial charge is 0.461 e. The Kier molecular flexibility index (Phi) is 2.53. The van der Waals surface area contributed by atoms with E-state index in [0.717, 1.165) is 33.2 Å². The molecule has 0 unspecified atom stereocenters. The normalized spacial score (nSPS) is 11.0. The fourth-order valence-corrected chi connectivity index (χ4v) is 2.99. The van der Waals surface area contributed by atoms with Crippen molar-refractivity contribution in [3.05, 3.63) is 48.3 Å². The first kappa shape index (κ1) is 11.2. The molecule has 4 aromatic rings. The molecule has 0 atom stereocenters. The van der Waals surface area contributed by atoms with E-state index in [4.69, 9.17) is 4.42 Å². The molecule has 0 saturated heterocycles. The Morgan fingerprint density at radius 1 is 1.00 bits per heavy atom. The second kappa shape index (κ2) is 4.50. The summed E-state index contributed by atoms with van der Waals surface area (Å²) < 4.78 is 5.78. The standard InChI is InChI=1S/C14H10N4OS/c1-2-12(20-7-1)13-9(10-3-5-15-17-10)8-19-14(13)11-4-6-16-18-11/h1-8H,(H,15,17)(H,16,18). The summed E-state index contributed by atoms with van der Waals surface area (Å²) in [5, 5.41) is 16.0. The van der Waals surface area contributed by atoms with Gasteiger partial charge in [0, 0.05) is 28.4 Å². The number of nitrogens with zero attached hydrogens (tertiary/aromatic N) is 2. The maximum atomic E-state index is 5.78. The lowest BCUT2D eigenvalue weighted by Crippen LogP contribution is -1.82. The van der Waals surface area contributed by atoms with E-state index in [1.54, 1.807) is 30.0 Å². The fourth-order valence-electron chi connectivity index (χ4n) is 2.21. The lowest BCUT2D eigenvalue weighted by molar-refractivity contribution is 0.581. The minimum absolute atomic E-state index is 0.787. The molecule has 4 aromatic heterocycles. The van der Waals surface area contributed by atoms with Crippen molar-refractivity contribution < 1.29 is 4.42 Å². The molecular formula is C14H10N4OS. The van der Waals surface area contributed by atoms with Gasteiger partial charge in [-0.05, 0) is 23.6 Å². The lowest BCUT2D eigenvalue weighted by atomic mass is 10.1. The molecule has 0 fully saturated rings. The van der Waals surface area contributed by atoms with Gasteiger partial charge in [0.2, 0.25) is 0 Å². The van der Waals surface area contributed by atoms with E-state index in [9.17, 15) is 0 Å². The van der Waals surface area contributed by atoms with Crippen LogP contribution in [0.1, 0.15) is 0 Å². The summed E-state index contributed by atoms with van der Waals surface area (Å²) in [5.41, 5.74) is 3.84. The van der Waals surface area contributed by atoms with E-state index in [2.05, 4.69) is 31.8 Å². The number of aromatic amines is 2. The average molecular weight is 282 g/mol. The number of thiophene rings is 1. The minimum Gasteiger partial charge on any atom is -0.461 e. The smallest absolute Gasteiger partial charge is 0.160 e. The first-order valence-electron chi connectivity index (χ1n) is 6.08. The molecule has 0 spiro atoms. The van der Waals surface area contributed by atoms with Crippen LogP contribution >= 0.6 is 11.3 Å². The summed E-state index contributed by atoms with van der Waals surface area (Å²) in [6.45, 7) is 0. The van der Waals surface area contributed by atoms with Crippen molar-refractivity contribution in [2.75, 3.05) is 0 Å². The Hall–Kier alpha value is -2.60. The summed E-state index contributed by atoms with van der Waals surface area (Å²) >= 11 is 1.67. The lowest BCUT2D eigenvalue weighted by Gasteiger charge is -2.01. The molecule has 2 N–H and O–H groups in total. The van der Waals surface area contributed by atoms with Crippen molar-refractivity contribution in [1.29, 1.82) is 0 Å². The average Bonchev–Trinajstić information content (AvgIpc) is 3.23. The van der Waals surface area contributed by atoms with Crippen LogP contribution in [0.15, 0.2) is 52.7 Å². The maximum absolute atomic E-state index is 5.78. The molecule has 0 saturated carbocycles. The van der Waals surface area contributed by atoms with E-state index in [1.165, 1.54) is 0 Å². The van der Waals surface area contributed by atoms with Gasteiger partial charge < -0.3 is 4.42 Å². The Labute approximate surface area is 118 Å². The van der Waals surface area contributed by atoms with Crippen molar-refractivity contribution in [3.8, 4) is 33.2 Å². The van der Waals surface area contributed by atoms with E-state index in [-0.39, 0.29) is 0 Å². The van der Waals surface area contributed by atoms with Crippen LogP contribution in [0.3, 0.4) is 0 Å². The molecule has 5 nitrogen and oxygen atoms in total. The van der Waals surface area contributed by atoms with Crippen LogP contribution in [0.25, 0.3) is 33.2 Å². The van der Waals surface area contributed by atoms with Gasteiger partial charge in [-0.15, -0.1) is 11.3 Å². The maximum Gasteiger partial charge on any atom is 0.160 e. The molecule has 4 rings (SSSR count). The number of furan rings is 1. The van der Waals surface area contributed by atoms with Gasteiger partial charge in [-0.2, -0.15) is 10.2 Å². The Bertz CT molecular complexity index is 746. The summed E-state index contributed by atoms with van der Waals surface area (Å²) in [6.07, 6.45) is 5.20. The van der Waals surface area contributed by atoms with Crippen molar-refractivity contribution in [1.82, 2.24) is 20.4 Å². The second-order valence-corrected chi connectivity index (χ2v) is 5.22. The van der Waals surface area contributed by atoms with Crippen LogP contribution < -0.4 is 0 Å². The number of hydrogen-bond donors (Lipinski definition) is 2. The van der Waals surface area contributed by atoms with Crippen molar-refractivity contribution in [3.63, 3.8) is 0 Å². The molecule has 98 valence electrons. The number of rotatable bonds is 3.